The van der Waals surface area contributed by atoms with Gasteiger partial charge in [-0.15, -0.1) is 11.3 Å². The molecule has 0 unspecified atom stereocenters. The van der Waals surface area contributed by atoms with Gasteiger partial charge in [-0.25, -0.2) is 9.97 Å². The fourth-order valence-electron chi connectivity index (χ4n) is 2.96. The number of hydrogen-bond donors (Lipinski definition) is 2. The number of pyridine rings is 1. The highest BCUT2D eigenvalue weighted by molar-refractivity contribution is 8.01. The molecule has 2 amide bonds. The number of anilines is 2. The SMILES string of the molecule is CCc1ccc(NC(=O)CSc2nc3ccc(NC(=O)CSc4ccccn4)cc3s2)cc1. The van der Waals surface area contributed by atoms with Gasteiger partial charge in [0.2, 0.25) is 11.8 Å². The Balaban J connectivity index is 1.29. The maximum Gasteiger partial charge on any atom is 0.234 e. The zero-order chi connectivity index (χ0) is 23.0. The minimum Gasteiger partial charge on any atom is -0.325 e. The largest absolute Gasteiger partial charge is 0.325 e. The number of nitrogens with one attached hydrogen (secondary N) is 2. The molecule has 4 rings (SSSR count). The van der Waals surface area contributed by atoms with Crippen LogP contribution in [-0.2, 0) is 16.0 Å². The Morgan fingerprint density at radius 3 is 2.36 bits per heavy atom. The van der Waals surface area contributed by atoms with E-state index < -0.39 is 0 Å². The molecule has 6 nitrogen and oxygen atoms in total. The predicted octanol–water partition coefficient (Wildman–Crippen LogP) is 5.72. The van der Waals surface area contributed by atoms with Crippen molar-refractivity contribution in [2.24, 2.45) is 0 Å². The summed E-state index contributed by atoms with van der Waals surface area (Å²) in [5.74, 6) is 0.411. The van der Waals surface area contributed by atoms with Gasteiger partial charge in [-0.3, -0.25) is 9.59 Å². The molecule has 2 aromatic heterocycles. The summed E-state index contributed by atoms with van der Waals surface area (Å²) in [4.78, 5) is 33.3. The molecule has 168 valence electrons. The molecule has 0 atom stereocenters. The second-order valence-electron chi connectivity index (χ2n) is 7.05. The first-order valence-electron chi connectivity index (χ1n) is 10.3. The number of nitrogens with zero attached hydrogens (tertiary/aromatic N) is 2. The van der Waals surface area contributed by atoms with E-state index in [1.165, 1.54) is 40.4 Å². The molecule has 0 saturated carbocycles. The normalized spacial score (nSPS) is 10.8. The molecular formula is C24H22N4O2S3. The van der Waals surface area contributed by atoms with Gasteiger partial charge in [0.1, 0.15) is 0 Å². The van der Waals surface area contributed by atoms with E-state index in [1.807, 2.05) is 60.7 Å². The van der Waals surface area contributed by atoms with E-state index >= 15 is 0 Å². The zero-order valence-electron chi connectivity index (χ0n) is 17.9. The van der Waals surface area contributed by atoms with Crippen LogP contribution in [0.2, 0.25) is 0 Å². The number of amides is 2. The minimum atomic E-state index is -0.0900. The molecule has 0 aliphatic heterocycles. The summed E-state index contributed by atoms with van der Waals surface area (Å²) in [6.45, 7) is 2.10. The van der Waals surface area contributed by atoms with Gasteiger partial charge in [0.25, 0.3) is 0 Å². The minimum absolute atomic E-state index is 0.0677. The molecule has 0 spiro atoms. The van der Waals surface area contributed by atoms with Gasteiger partial charge in [-0.1, -0.05) is 48.6 Å². The number of thiazole rings is 1. The highest BCUT2D eigenvalue weighted by Crippen LogP contribution is 2.31. The average molecular weight is 495 g/mol. The lowest BCUT2D eigenvalue weighted by Gasteiger charge is -2.05. The van der Waals surface area contributed by atoms with E-state index in [4.69, 9.17) is 0 Å². The quantitative estimate of drug-likeness (QED) is 0.290. The first kappa shape index (κ1) is 23.3. The highest BCUT2D eigenvalue weighted by atomic mass is 32.2. The van der Waals surface area contributed by atoms with Gasteiger partial charge in [0.05, 0.1) is 26.7 Å². The third-order valence-electron chi connectivity index (χ3n) is 4.61. The van der Waals surface area contributed by atoms with Crippen LogP contribution in [0.25, 0.3) is 10.2 Å². The summed E-state index contributed by atoms with van der Waals surface area (Å²) in [6, 6.07) is 19.1. The lowest BCUT2D eigenvalue weighted by atomic mass is 10.1. The van der Waals surface area contributed by atoms with Crippen molar-refractivity contribution in [3.63, 3.8) is 0 Å². The second-order valence-corrected chi connectivity index (χ2v) is 10.3. The average Bonchev–Trinajstić information content (AvgIpc) is 3.25. The fraction of sp³-hybridized carbons (Fsp3) is 0.167. The van der Waals surface area contributed by atoms with Crippen molar-refractivity contribution in [3.05, 3.63) is 72.4 Å². The van der Waals surface area contributed by atoms with Crippen molar-refractivity contribution in [2.75, 3.05) is 22.1 Å². The zero-order valence-corrected chi connectivity index (χ0v) is 20.4. The highest BCUT2D eigenvalue weighted by Gasteiger charge is 2.10. The van der Waals surface area contributed by atoms with Crippen LogP contribution < -0.4 is 10.6 Å². The number of aryl methyl sites for hydroxylation is 1. The number of carbonyl (C=O) groups is 2. The third kappa shape index (κ3) is 6.80. The van der Waals surface area contributed by atoms with Crippen LogP contribution in [0.1, 0.15) is 12.5 Å². The molecule has 0 aliphatic carbocycles. The molecule has 2 heterocycles. The molecule has 2 N–H and O–H groups in total. The summed E-state index contributed by atoms with van der Waals surface area (Å²) in [5, 5.41) is 6.65. The molecule has 0 aliphatic rings. The van der Waals surface area contributed by atoms with Gasteiger partial charge < -0.3 is 10.6 Å². The Morgan fingerprint density at radius 2 is 1.64 bits per heavy atom. The van der Waals surface area contributed by atoms with Gasteiger partial charge in [-0.2, -0.15) is 0 Å². The van der Waals surface area contributed by atoms with Crippen molar-refractivity contribution in [1.82, 2.24) is 9.97 Å². The van der Waals surface area contributed by atoms with E-state index in [0.29, 0.717) is 0 Å². The van der Waals surface area contributed by atoms with Crippen molar-refractivity contribution in [3.8, 4) is 0 Å². The van der Waals surface area contributed by atoms with Crippen molar-refractivity contribution >= 4 is 68.3 Å². The number of rotatable bonds is 9. The fourth-order valence-corrected chi connectivity index (χ4v) is 5.53. The maximum absolute atomic E-state index is 12.3. The molecular weight excluding hydrogens is 472 g/mol. The van der Waals surface area contributed by atoms with E-state index in [0.717, 1.165) is 37.4 Å². The summed E-state index contributed by atoms with van der Waals surface area (Å²) in [5.41, 5.74) is 3.60. The molecule has 33 heavy (non-hydrogen) atoms. The number of hydrogen-bond acceptors (Lipinski definition) is 7. The van der Waals surface area contributed by atoms with E-state index in [1.54, 1.807) is 6.20 Å². The Kier molecular flexibility index (Phi) is 7.98. The maximum atomic E-state index is 12.3. The number of fused-ring (bicyclic) bond motifs is 1. The summed E-state index contributed by atoms with van der Waals surface area (Å²) < 4.78 is 1.78. The Morgan fingerprint density at radius 1 is 0.909 bits per heavy atom. The van der Waals surface area contributed by atoms with Crippen molar-refractivity contribution in [2.45, 2.75) is 22.7 Å². The van der Waals surface area contributed by atoms with Crippen LogP contribution in [0.4, 0.5) is 11.4 Å². The first-order valence-corrected chi connectivity index (χ1v) is 13.1. The van der Waals surface area contributed by atoms with E-state index in [-0.39, 0.29) is 23.3 Å². The van der Waals surface area contributed by atoms with Crippen LogP contribution in [-0.4, -0.2) is 33.3 Å². The molecule has 0 radical (unpaired) electrons. The third-order valence-corrected chi connectivity index (χ3v) is 7.72. The van der Waals surface area contributed by atoms with Crippen LogP contribution in [0, 0.1) is 0 Å². The van der Waals surface area contributed by atoms with Gasteiger partial charge in [-0.05, 0) is 54.4 Å². The lowest BCUT2D eigenvalue weighted by Crippen LogP contribution is -2.13. The monoisotopic (exact) mass is 494 g/mol. The summed E-state index contributed by atoms with van der Waals surface area (Å²) >= 11 is 4.30. The molecule has 0 bridgehead atoms. The Bertz CT molecular complexity index is 1240. The van der Waals surface area contributed by atoms with Gasteiger partial charge in [0.15, 0.2) is 4.34 Å². The lowest BCUT2D eigenvalue weighted by molar-refractivity contribution is -0.114. The van der Waals surface area contributed by atoms with E-state index in [9.17, 15) is 9.59 Å². The van der Waals surface area contributed by atoms with Crippen LogP contribution in [0.3, 0.4) is 0 Å². The van der Waals surface area contributed by atoms with Crippen LogP contribution >= 0.6 is 34.9 Å². The molecule has 0 saturated heterocycles. The predicted molar refractivity (Wildman–Crippen MR) is 138 cm³/mol. The molecule has 0 fully saturated rings. The number of aromatic nitrogens is 2. The van der Waals surface area contributed by atoms with Crippen LogP contribution in [0.15, 0.2) is 76.2 Å². The van der Waals surface area contributed by atoms with Crippen molar-refractivity contribution in [1.29, 1.82) is 0 Å². The number of benzene rings is 2. The summed E-state index contributed by atoms with van der Waals surface area (Å²) in [6.07, 6.45) is 2.68. The molecule has 2 aromatic carbocycles. The number of thioether (sulfide) groups is 2. The van der Waals surface area contributed by atoms with E-state index in [2.05, 4.69) is 27.5 Å². The van der Waals surface area contributed by atoms with Gasteiger partial charge in [0, 0.05) is 17.6 Å². The standard InChI is InChI=1S/C24H22N4O2S3/c1-2-16-6-8-17(9-7-16)26-22(30)15-32-24-28-19-11-10-18(13-20(19)33-24)27-21(29)14-31-23-5-3-4-12-25-23/h3-13H,2,14-15H2,1H3,(H,26,30)(H,27,29). The summed E-state index contributed by atoms with van der Waals surface area (Å²) in [7, 11) is 0. The smallest absolute Gasteiger partial charge is 0.234 e. The molecule has 9 heteroatoms. The topological polar surface area (TPSA) is 84.0 Å². The van der Waals surface area contributed by atoms with Crippen LogP contribution in [0.5, 0.6) is 0 Å². The molecule has 4 aromatic rings. The first-order chi connectivity index (χ1) is 16.1. The van der Waals surface area contributed by atoms with Gasteiger partial charge >= 0.3 is 0 Å². The van der Waals surface area contributed by atoms with Crippen molar-refractivity contribution < 1.29 is 9.59 Å². The Hall–Kier alpha value is -2.88. The Labute approximate surface area is 204 Å². The number of carbonyl (C=O) groups excluding carboxylic acids is 2. The second kappa shape index (κ2) is 11.3.